The number of benzene rings is 2. The highest BCUT2D eigenvalue weighted by Crippen LogP contribution is 2.40. The van der Waals surface area contributed by atoms with Crippen LogP contribution in [-0.2, 0) is 11.3 Å². The van der Waals surface area contributed by atoms with Crippen molar-refractivity contribution in [2.45, 2.75) is 25.8 Å². The van der Waals surface area contributed by atoms with Crippen molar-refractivity contribution in [2.24, 2.45) is 0 Å². The highest BCUT2D eigenvalue weighted by molar-refractivity contribution is 5.96. The molecule has 0 saturated heterocycles. The molecule has 1 aliphatic heterocycles. The molecular weight excluding hydrogens is 456 g/mol. The summed E-state index contributed by atoms with van der Waals surface area (Å²) in [5, 5.41) is 10.6. The van der Waals surface area contributed by atoms with Crippen molar-refractivity contribution in [3.63, 3.8) is 0 Å². The van der Waals surface area contributed by atoms with Gasteiger partial charge in [-0.15, -0.1) is 0 Å². The number of anilines is 1. The van der Waals surface area contributed by atoms with Crippen LogP contribution in [0.25, 0.3) is 17.0 Å². The molecule has 1 atom stereocenters. The van der Waals surface area contributed by atoms with E-state index in [0.717, 1.165) is 22.4 Å². The first-order valence-corrected chi connectivity index (χ1v) is 11.5. The Bertz CT molecular complexity index is 1590. The molecule has 0 spiro atoms. The zero-order chi connectivity index (χ0) is 24.6. The number of rotatable bonds is 5. The van der Waals surface area contributed by atoms with E-state index in [1.165, 1.54) is 6.33 Å². The molecule has 2 amide bonds. The molecule has 0 unspecified atom stereocenters. The minimum atomic E-state index is -0.206. The van der Waals surface area contributed by atoms with Gasteiger partial charge in [-0.2, -0.15) is 9.78 Å². The molecule has 6 rings (SSSR count). The topological polar surface area (TPSA) is 130 Å². The molecule has 10 nitrogen and oxygen atoms in total. The minimum Gasteiger partial charge on any atom is -0.348 e. The third kappa shape index (κ3) is 3.78. The van der Waals surface area contributed by atoms with E-state index in [9.17, 15) is 9.59 Å². The molecule has 0 bridgehead atoms. The molecule has 10 heteroatoms. The second-order valence-corrected chi connectivity index (χ2v) is 8.65. The van der Waals surface area contributed by atoms with Crippen molar-refractivity contribution in [1.29, 1.82) is 0 Å². The number of hydrogen-bond acceptors (Lipinski definition) is 6. The average molecular weight is 479 g/mol. The highest BCUT2D eigenvalue weighted by Gasteiger charge is 2.33. The van der Waals surface area contributed by atoms with Crippen LogP contribution in [0.1, 0.15) is 45.1 Å². The van der Waals surface area contributed by atoms with E-state index >= 15 is 0 Å². The summed E-state index contributed by atoms with van der Waals surface area (Å²) in [6.45, 7) is 2.37. The number of carbonyl (C=O) groups is 2. The Labute approximate surface area is 205 Å². The zero-order valence-electron chi connectivity index (χ0n) is 19.4. The summed E-state index contributed by atoms with van der Waals surface area (Å²) >= 11 is 0. The first kappa shape index (κ1) is 21.7. The van der Waals surface area contributed by atoms with Crippen molar-refractivity contribution in [2.75, 3.05) is 5.32 Å². The van der Waals surface area contributed by atoms with Crippen LogP contribution in [-0.4, -0.2) is 41.5 Å². The molecule has 5 aromatic rings. The van der Waals surface area contributed by atoms with Gasteiger partial charge in [0.1, 0.15) is 17.7 Å². The second-order valence-electron chi connectivity index (χ2n) is 8.65. The second kappa shape index (κ2) is 8.73. The summed E-state index contributed by atoms with van der Waals surface area (Å²) in [5.74, 6) is 0.612. The number of aromatic amines is 1. The number of hydrogen-bond donors (Lipinski definition) is 3. The van der Waals surface area contributed by atoms with Gasteiger partial charge >= 0.3 is 0 Å². The van der Waals surface area contributed by atoms with Gasteiger partial charge in [-0.1, -0.05) is 42.5 Å². The van der Waals surface area contributed by atoms with Crippen LogP contribution in [0.2, 0.25) is 0 Å². The van der Waals surface area contributed by atoms with Crippen molar-refractivity contribution in [3.8, 4) is 5.82 Å². The summed E-state index contributed by atoms with van der Waals surface area (Å²) in [4.78, 5) is 41.2. The summed E-state index contributed by atoms with van der Waals surface area (Å²) in [7, 11) is 0. The smallest absolute Gasteiger partial charge is 0.251 e. The van der Waals surface area contributed by atoms with Gasteiger partial charge in [-0.3, -0.25) is 9.59 Å². The summed E-state index contributed by atoms with van der Waals surface area (Å²) in [6, 6.07) is 17.2. The number of fused-ring (bicyclic) bond motifs is 2. The lowest BCUT2D eigenvalue weighted by molar-refractivity contribution is -0.116. The largest absolute Gasteiger partial charge is 0.348 e. The van der Waals surface area contributed by atoms with Crippen molar-refractivity contribution in [1.82, 2.24) is 35.0 Å². The van der Waals surface area contributed by atoms with E-state index in [2.05, 4.69) is 30.6 Å². The van der Waals surface area contributed by atoms with Crippen LogP contribution in [0.5, 0.6) is 0 Å². The number of aryl methyl sites for hydroxylation is 1. The lowest BCUT2D eigenvalue weighted by Crippen LogP contribution is -2.25. The van der Waals surface area contributed by atoms with Crippen LogP contribution in [0.3, 0.4) is 0 Å². The molecular formula is C26H22N8O2. The summed E-state index contributed by atoms with van der Waals surface area (Å²) in [6.07, 6.45) is 3.25. The van der Waals surface area contributed by atoms with E-state index in [-0.39, 0.29) is 24.2 Å². The van der Waals surface area contributed by atoms with Crippen molar-refractivity contribution < 1.29 is 9.59 Å². The Morgan fingerprint density at radius 2 is 1.89 bits per heavy atom. The lowest BCUT2D eigenvalue weighted by atomic mass is 9.85. The normalized spacial score (nSPS) is 14.9. The fourth-order valence-electron chi connectivity index (χ4n) is 4.65. The minimum absolute atomic E-state index is 0.117. The maximum absolute atomic E-state index is 12.7. The van der Waals surface area contributed by atoms with Gasteiger partial charge in [0.25, 0.3) is 5.91 Å². The number of nitrogens with one attached hydrogen (secondary N) is 3. The van der Waals surface area contributed by atoms with E-state index in [1.54, 1.807) is 23.1 Å². The molecule has 0 radical (unpaired) electrons. The van der Waals surface area contributed by atoms with E-state index in [0.29, 0.717) is 34.9 Å². The Hall–Kier alpha value is -4.86. The highest BCUT2D eigenvalue weighted by atomic mass is 16.2. The molecule has 3 N–H and O–H groups in total. The Morgan fingerprint density at radius 3 is 2.69 bits per heavy atom. The van der Waals surface area contributed by atoms with Gasteiger partial charge in [0.05, 0.1) is 12.0 Å². The van der Waals surface area contributed by atoms with Gasteiger partial charge in [0.2, 0.25) is 5.91 Å². The molecule has 0 fully saturated rings. The first-order chi connectivity index (χ1) is 17.6. The van der Waals surface area contributed by atoms with Crippen molar-refractivity contribution in [3.05, 3.63) is 95.2 Å². The molecule has 1 aliphatic rings. The number of H-pyrrole nitrogens is 1. The Balaban J connectivity index is 1.30. The molecule has 178 valence electrons. The molecule has 3 aromatic heterocycles. The van der Waals surface area contributed by atoms with Crippen LogP contribution >= 0.6 is 0 Å². The SMILES string of the molecule is Cc1nn(-c2ncnc3nc[nH]c23)c2c1[C@@H](c1ccc(C(=O)NCc3ccccc3)cc1)CC(=O)N2. The Morgan fingerprint density at radius 1 is 1.08 bits per heavy atom. The zero-order valence-corrected chi connectivity index (χ0v) is 19.4. The molecule has 2 aromatic carbocycles. The fourth-order valence-corrected chi connectivity index (χ4v) is 4.65. The van der Waals surface area contributed by atoms with Gasteiger partial charge in [0, 0.05) is 30.0 Å². The third-order valence-electron chi connectivity index (χ3n) is 6.38. The predicted molar refractivity (Wildman–Crippen MR) is 133 cm³/mol. The lowest BCUT2D eigenvalue weighted by Gasteiger charge is -2.24. The standard InChI is InChI=1S/C26H22N8O2/c1-15-21-19(17-7-9-18(10-8-17)26(36)27-12-16-5-3-2-4-6-16)11-20(35)32-24(21)34(33-15)25-22-23(29-13-28-22)30-14-31-25/h2-10,13-14,19H,11-12H2,1H3,(H,27,36)(H,32,35)(H,28,29,30,31)/t19-/m1/s1. The van der Waals surface area contributed by atoms with Crippen molar-refractivity contribution >= 4 is 28.8 Å². The van der Waals surface area contributed by atoms with Gasteiger partial charge < -0.3 is 15.6 Å². The first-order valence-electron chi connectivity index (χ1n) is 11.5. The predicted octanol–water partition coefficient (Wildman–Crippen LogP) is 3.25. The van der Waals surface area contributed by atoms with Crippen LogP contribution in [0.4, 0.5) is 5.82 Å². The summed E-state index contributed by atoms with van der Waals surface area (Å²) < 4.78 is 1.63. The van der Waals surface area contributed by atoms with Gasteiger partial charge in [-0.25, -0.2) is 15.0 Å². The van der Waals surface area contributed by atoms with E-state index < -0.39 is 0 Å². The quantitative estimate of drug-likeness (QED) is 0.355. The van der Waals surface area contributed by atoms with E-state index in [4.69, 9.17) is 5.10 Å². The summed E-state index contributed by atoms with van der Waals surface area (Å²) in [5.41, 5.74) is 5.37. The number of aromatic nitrogens is 6. The number of amides is 2. The fraction of sp³-hybridized carbons (Fsp3) is 0.154. The Kier molecular flexibility index (Phi) is 5.25. The maximum atomic E-state index is 12.7. The third-order valence-corrected chi connectivity index (χ3v) is 6.38. The monoisotopic (exact) mass is 478 g/mol. The number of carbonyl (C=O) groups excluding carboxylic acids is 2. The number of imidazole rings is 1. The van der Waals surface area contributed by atoms with Crippen LogP contribution in [0.15, 0.2) is 67.3 Å². The molecule has 0 saturated carbocycles. The molecule has 36 heavy (non-hydrogen) atoms. The van der Waals surface area contributed by atoms with Gasteiger partial charge in [0.15, 0.2) is 11.5 Å². The van der Waals surface area contributed by atoms with E-state index in [1.807, 2.05) is 49.4 Å². The average Bonchev–Trinajstić information content (AvgIpc) is 3.52. The van der Waals surface area contributed by atoms with Gasteiger partial charge in [-0.05, 0) is 30.2 Å². The maximum Gasteiger partial charge on any atom is 0.251 e. The molecule has 4 heterocycles. The molecule has 0 aliphatic carbocycles. The number of nitrogens with zero attached hydrogens (tertiary/aromatic N) is 5. The van der Waals surface area contributed by atoms with Crippen LogP contribution < -0.4 is 10.6 Å². The van der Waals surface area contributed by atoms with Crippen LogP contribution in [0, 0.1) is 6.92 Å².